The van der Waals surface area contributed by atoms with E-state index in [0.717, 1.165) is 29.9 Å². The Balaban J connectivity index is 1.85. The van der Waals surface area contributed by atoms with E-state index in [9.17, 15) is 4.79 Å². The fourth-order valence-corrected chi connectivity index (χ4v) is 2.51. The Bertz CT molecular complexity index is 595. The van der Waals surface area contributed by atoms with Crippen molar-refractivity contribution < 1.29 is 14.4 Å². The molecule has 0 aliphatic heterocycles. The van der Waals surface area contributed by atoms with Gasteiger partial charge in [0.25, 0.3) is 0 Å². The summed E-state index contributed by atoms with van der Waals surface area (Å²) < 4.78 is 5.35. The van der Waals surface area contributed by atoms with Crippen LogP contribution in [0.4, 0.5) is 0 Å². The molecule has 2 rings (SSSR count). The van der Waals surface area contributed by atoms with Crippen molar-refractivity contribution in [3.8, 4) is 11.3 Å². The molecule has 0 spiro atoms. The van der Waals surface area contributed by atoms with E-state index in [0.29, 0.717) is 13.0 Å². The van der Waals surface area contributed by atoms with Crippen LogP contribution in [0, 0.1) is 0 Å². The van der Waals surface area contributed by atoms with Gasteiger partial charge in [-0.2, -0.15) is 0 Å². The summed E-state index contributed by atoms with van der Waals surface area (Å²) in [7, 11) is 1.85. The van der Waals surface area contributed by atoms with E-state index < -0.39 is 12.0 Å². The minimum Gasteiger partial charge on any atom is -0.480 e. The fraction of sp³-hybridized carbons (Fsp3) is 0.412. The van der Waals surface area contributed by atoms with Crippen molar-refractivity contribution in [3.63, 3.8) is 0 Å². The Morgan fingerprint density at radius 2 is 2.09 bits per heavy atom. The van der Waals surface area contributed by atoms with Crippen LogP contribution in [0.3, 0.4) is 0 Å². The zero-order valence-electron chi connectivity index (χ0n) is 13.0. The third kappa shape index (κ3) is 4.18. The quantitative estimate of drug-likeness (QED) is 0.811. The number of benzene rings is 1. The van der Waals surface area contributed by atoms with Gasteiger partial charge in [-0.05, 0) is 26.4 Å². The van der Waals surface area contributed by atoms with Gasteiger partial charge in [-0.3, -0.25) is 9.69 Å². The molecule has 1 aromatic carbocycles. The molecular weight excluding hydrogens is 280 g/mol. The van der Waals surface area contributed by atoms with Crippen LogP contribution in [-0.2, 0) is 11.2 Å². The van der Waals surface area contributed by atoms with Crippen molar-refractivity contribution in [2.24, 2.45) is 0 Å². The normalized spacial score (nSPS) is 12.5. The van der Waals surface area contributed by atoms with Gasteiger partial charge in [0, 0.05) is 18.1 Å². The molecule has 0 amide bonds. The van der Waals surface area contributed by atoms with Crippen LogP contribution in [0.2, 0.25) is 0 Å². The van der Waals surface area contributed by atoms with E-state index in [4.69, 9.17) is 9.63 Å². The molecule has 0 aliphatic carbocycles. The molecule has 22 heavy (non-hydrogen) atoms. The predicted octanol–water partition coefficient (Wildman–Crippen LogP) is 3.07. The summed E-state index contributed by atoms with van der Waals surface area (Å²) in [4.78, 5) is 13.0. The molecule has 0 radical (unpaired) electrons. The van der Waals surface area contributed by atoms with Crippen molar-refractivity contribution >= 4 is 5.97 Å². The summed E-state index contributed by atoms with van der Waals surface area (Å²) in [5.41, 5.74) is 1.87. The summed E-state index contributed by atoms with van der Waals surface area (Å²) in [5.74, 6) is 0.0617. The lowest BCUT2D eigenvalue weighted by Crippen LogP contribution is -2.38. The number of nitrogens with zero attached hydrogens (tertiary/aromatic N) is 2. The molecule has 1 heterocycles. The van der Waals surface area contributed by atoms with Crippen LogP contribution in [-0.4, -0.2) is 40.8 Å². The highest BCUT2D eigenvalue weighted by Crippen LogP contribution is 2.19. The number of carboxylic acid groups (broad SMARTS) is 1. The maximum Gasteiger partial charge on any atom is 0.320 e. The average molecular weight is 302 g/mol. The summed E-state index contributed by atoms with van der Waals surface area (Å²) in [6.07, 6.45) is 2.19. The number of hydrogen-bond donors (Lipinski definition) is 1. The monoisotopic (exact) mass is 302 g/mol. The highest BCUT2D eigenvalue weighted by molar-refractivity contribution is 5.73. The number of carboxylic acids is 1. The second-order valence-corrected chi connectivity index (χ2v) is 5.39. The van der Waals surface area contributed by atoms with Crippen LogP contribution in [0.1, 0.15) is 25.5 Å². The third-order valence-electron chi connectivity index (χ3n) is 3.77. The predicted molar refractivity (Wildman–Crippen MR) is 84.6 cm³/mol. The molecule has 1 atom stereocenters. The summed E-state index contributed by atoms with van der Waals surface area (Å²) in [5, 5.41) is 13.2. The zero-order valence-corrected chi connectivity index (χ0v) is 13.0. The van der Waals surface area contributed by atoms with Gasteiger partial charge in [0.1, 0.15) is 17.5 Å². The fourth-order valence-electron chi connectivity index (χ4n) is 2.51. The number of aryl methyl sites for hydroxylation is 1. The smallest absolute Gasteiger partial charge is 0.320 e. The molecule has 1 aromatic heterocycles. The van der Waals surface area contributed by atoms with Crippen LogP contribution in [0.25, 0.3) is 11.3 Å². The number of likely N-dealkylation sites (N-methyl/N-ethyl adjacent to an activating group) is 1. The maximum absolute atomic E-state index is 11.1. The number of hydrogen-bond acceptors (Lipinski definition) is 4. The molecule has 1 N–H and O–H groups in total. The Kier molecular flexibility index (Phi) is 5.72. The van der Waals surface area contributed by atoms with Gasteiger partial charge in [-0.15, -0.1) is 0 Å². The van der Waals surface area contributed by atoms with Crippen molar-refractivity contribution in [1.82, 2.24) is 10.1 Å². The minimum atomic E-state index is -0.768. The molecule has 1 unspecified atom stereocenters. The maximum atomic E-state index is 11.1. The highest BCUT2D eigenvalue weighted by Gasteiger charge is 2.19. The van der Waals surface area contributed by atoms with Gasteiger partial charge in [0.05, 0.1) is 0 Å². The molecule has 0 fully saturated rings. The van der Waals surface area contributed by atoms with Gasteiger partial charge in [0.15, 0.2) is 0 Å². The van der Waals surface area contributed by atoms with Gasteiger partial charge < -0.3 is 9.63 Å². The zero-order chi connectivity index (χ0) is 15.9. The molecular formula is C17H22N2O3. The van der Waals surface area contributed by atoms with Crippen molar-refractivity contribution in [2.75, 3.05) is 13.6 Å². The molecule has 5 heteroatoms. The summed E-state index contributed by atoms with van der Waals surface area (Å²) in [6.45, 7) is 2.60. The highest BCUT2D eigenvalue weighted by atomic mass is 16.5. The van der Waals surface area contributed by atoms with Crippen LogP contribution < -0.4 is 0 Å². The number of carbonyl (C=O) groups is 1. The molecule has 0 saturated heterocycles. The lowest BCUT2D eigenvalue weighted by molar-refractivity contribution is -0.142. The number of aliphatic carboxylic acids is 1. The Hall–Kier alpha value is -2.14. The molecule has 5 nitrogen and oxygen atoms in total. The molecule has 0 bridgehead atoms. The first-order valence-electron chi connectivity index (χ1n) is 7.56. The van der Waals surface area contributed by atoms with E-state index in [1.165, 1.54) is 0 Å². The van der Waals surface area contributed by atoms with Gasteiger partial charge >= 0.3 is 5.97 Å². The standard InChI is InChI=1S/C17H22N2O3/c1-3-16(17(20)21)19(2)11-7-10-14-12-15(18-22-14)13-8-5-4-6-9-13/h4-6,8-9,12,16H,3,7,10-11H2,1-2H3,(H,20,21). The minimum absolute atomic E-state index is 0.422. The molecule has 2 aromatic rings. The van der Waals surface area contributed by atoms with E-state index in [1.54, 1.807) is 0 Å². The largest absolute Gasteiger partial charge is 0.480 e. The number of rotatable bonds is 8. The molecule has 118 valence electrons. The Morgan fingerprint density at radius 3 is 2.73 bits per heavy atom. The lowest BCUT2D eigenvalue weighted by Gasteiger charge is -2.22. The van der Waals surface area contributed by atoms with Crippen LogP contribution >= 0.6 is 0 Å². The van der Waals surface area contributed by atoms with Crippen LogP contribution in [0.5, 0.6) is 0 Å². The first-order chi connectivity index (χ1) is 10.6. The van der Waals surface area contributed by atoms with Gasteiger partial charge in [-0.25, -0.2) is 0 Å². The molecule has 0 saturated carbocycles. The summed E-state index contributed by atoms with van der Waals surface area (Å²) in [6, 6.07) is 11.4. The van der Waals surface area contributed by atoms with Crippen LogP contribution in [0.15, 0.2) is 40.9 Å². The SMILES string of the molecule is CCC(C(=O)O)N(C)CCCc1cc(-c2ccccc2)no1. The first kappa shape index (κ1) is 16.2. The Morgan fingerprint density at radius 1 is 1.36 bits per heavy atom. The van der Waals surface area contributed by atoms with Gasteiger partial charge in [0.2, 0.25) is 0 Å². The second kappa shape index (κ2) is 7.75. The van der Waals surface area contributed by atoms with E-state index in [-0.39, 0.29) is 0 Å². The van der Waals surface area contributed by atoms with Gasteiger partial charge in [-0.1, -0.05) is 42.4 Å². The van der Waals surface area contributed by atoms with E-state index in [2.05, 4.69) is 5.16 Å². The van der Waals surface area contributed by atoms with E-state index in [1.807, 2.05) is 55.3 Å². The second-order valence-electron chi connectivity index (χ2n) is 5.39. The average Bonchev–Trinajstić information content (AvgIpc) is 2.97. The molecule has 0 aliphatic rings. The van der Waals surface area contributed by atoms with E-state index >= 15 is 0 Å². The Labute approximate surface area is 130 Å². The van der Waals surface area contributed by atoms with Crippen molar-refractivity contribution in [3.05, 3.63) is 42.2 Å². The first-order valence-corrected chi connectivity index (χ1v) is 7.56. The third-order valence-corrected chi connectivity index (χ3v) is 3.77. The summed E-state index contributed by atoms with van der Waals surface area (Å²) >= 11 is 0. The lowest BCUT2D eigenvalue weighted by atomic mass is 10.1. The van der Waals surface area contributed by atoms with Crippen molar-refractivity contribution in [2.45, 2.75) is 32.2 Å². The number of aromatic nitrogens is 1. The van der Waals surface area contributed by atoms with Crippen molar-refractivity contribution in [1.29, 1.82) is 0 Å². The topological polar surface area (TPSA) is 66.6 Å².